The first kappa shape index (κ1) is 14.5. The number of rotatable bonds is 3. The Labute approximate surface area is 124 Å². The molecule has 1 aromatic carbocycles. The van der Waals surface area contributed by atoms with Crippen molar-refractivity contribution in [3.05, 3.63) is 32.8 Å². The molecular weight excluding hydrogens is 326 g/mol. The average Bonchev–Trinajstić information content (AvgIpc) is 2.36. The van der Waals surface area contributed by atoms with E-state index in [0.717, 1.165) is 0 Å². The molecule has 1 N–H and O–H groups in total. The molecule has 1 fully saturated rings. The van der Waals surface area contributed by atoms with Crippen LogP contribution in [0.2, 0.25) is 0 Å². The zero-order chi connectivity index (χ0) is 14.9. The molecular formula is C13H12BrN3O3. The molecule has 1 aliphatic carbocycles. The summed E-state index contributed by atoms with van der Waals surface area (Å²) in [7, 11) is 0. The van der Waals surface area contributed by atoms with Gasteiger partial charge in [-0.2, -0.15) is 5.26 Å². The number of nitro benzene ring substituents is 1. The van der Waals surface area contributed by atoms with Crippen molar-refractivity contribution >= 4 is 33.2 Å². The normalized spacial score (nSPS) is 24.4. The summed E-state index contributed by atoms with van der Waals surface area (Å²) in [6.45, 7) is 1.98. The zero-order valence-corrected chi connectivity index (χ0v) is 12.3. The number of hydrogen-bond acceptors (Lipinski definition) is 4. The van der Waals surface area contributed by atoms with Crippen molar-refractivity contribution in [1.29, 1.82) is 5.26 Å². The molecule has 1 aromatic rings. The van der Waals surface area contributed by atoms with Gasteiger partial charge in [-0.15, -0.1) is 0 Å². The van der Waals surface area contributed by atoms with E-state index in [4.69, 9.17) is 0 Å². The van der Waals surface area contributed by atoms with Gasteiger partial charge in [-0.3, -0.25) is 14.9 Å². The Kier molecular flexibility index (Phi) is 3.77. The SMILES string of the molecule is CC1CC(C#N)(C(=O)Nc2cc([N+](=O)[O-])ccc2Br)C1. The first-order valence-corrected chi connectivity index (χ1v) is 6.84. The Morgan fingerprint density at radius 3 is 2.75 bits per heavy atom. The van der Waals surface area contributed by atoms with Crippen molar-refractivity contribution in [2.75, 3.05) is 5.32 Å². The van der Waals surface area contributed by atoms with E-state index >= 15 is 0 Å². The minimum Gasteiger partial charge on any atom is -0.323 e. The minimum absolute atomic E-state index is 0.114. The van der Waals surface area contributed by atoms with Crippen LogP contribution in [0.1, 0.15) is 19.8 Å². The monoisotopic (exact) mass is 337 g/mol. The van der Waals surface area contributed by atoms with E-state index < -0.39 is 16.2 Å². The summed E-state index contributed by atoms with van der Waals surface area (Å²) < 4.78 is 0.539. The Hall–Kier alpha value is -1.94. The van der Waals surface area contributed by atoms with Crippen LogP contribution in [0.5, 0.6) is 0 Å². The van der Waals surface area contributed by atoms with Crippen LogP contribution in [0.4, 0.5) is 11.4 Å². The molecule has 0 aromatic heterocycles. The molecule has 20 heavy (non-hydrogen) atoms. The van der Waals surface area contributed by atoms with Gasteiger partial charge in [-0.05, 0) is 40.8 Å². The number of amides is 1. The molecule has 1 aliphatic rings. The number of non-ortho nitro benzene ring substituents is 1. The maximum atomic E-state index is 12.2. The number of anilines is 1. The molecule has 0 bridgehead atoms. The first-order valence-electron chi connectivity index (χ1n) is 6.04. The van der Waals surface area contributed by atoms with Gasteiger partial charge in [0, 0.05) is 16.6 Å². The molecule has 0 unspecified atom stereocenters. The highest BCUT2D eigenvalue weighted by Crippen LogP contribution is 2.46. The third-order valence-corrected chi connectivity index (χ3v) is 4.14. The number of carbonyl (C=O) groups excluding carboxylic acids is 1. The average molecular weight is 338 g/mol. The summed E-state index contributed by atoms with van der Waals surface area (Å²) in [5.74, 6) is -0.0618. The van der Waals surface area contributed by atoms with Gasteiger partial charge in [0.25, 0.3) is 5.69 Å². The fourth-order valence-corrected chi connectivity index (χ4v) is 2.77. The summed E-state index contributed by atoms with van der Waals surface area (Å²) in [6, 6.07) is 6.17. The second kappa shape index (κ2) is 5.21. The van der Waals surface area contributed by atoms with Crippen LogP contribution in [-0.2, 0) is 4.79 Å². The zero-order valence-electron chi connectivity index (χ0n) is 10.7. The number of nitriles is 1. The Morgan fingerprint density at radius 1 is 1.60 bits per heavy atom. The third kappa shape index (κ3) is 2.51. The van der Waals surface area contributed by atoms with Gasteiger partial charge < -0.3 is 5.32 Å². The van der Waals surface area contributed by atoms with Gasteiger partial charge in [0.15, 0.2) is 0 Å². The first-order chi connectivity index (χ1) is 9.38. The van der Waals surface area contributed by atoms with Crippen molar-refractivity contribution in [1.82, 2.24) is 0 Å². The van der Waals surface area contributed by atoms with E-state index in [1.165, 1.54) is 18.2 Å². The van der Waals surface area contributed by atoms with Crippen molar-refractivity contribution in [2.24, 2.45) is 11.3 Å². The van der Waals surface area contributed by atoms with E-state index in [0.29, 0.717) is 28.9 Å². The molecule has 2 rings (SSSR count). The number of nitro groups is 1. The van der Waals surface area contributed by atoms with Gasteiger partial charge in [0.05, 0.1) is 16.7 Å². The molecule has 0 heterocycles. The van der Waals surface area contributed by atoms with Crippen LogP contribution in [0, 0.1) is 32.8 Å². The summed E-state index contributed by atoms with van der Waals surface area (Å²) in [4.78, 5) is 22.4. The maximum Gasteiger partial charge on any atom is 0.271 e. The molecule has 0 aliphatic heterocycles. The van der Waals surface area contributed by atoms with E-state index in [1.807, 2.05) is 6.92 Å². The standard InChI is InChI=1S/C13H12BrN3O3/c1-8-5-13(6-8,7-15)12(18)16-11-4-9(17(19)20)2-3-10(11)14/h2-4,8H,5-6H2,1H3,(H,16,18). The predicted octanol–water partition coefficient (Wildman–Crippen LogP) is 3.24. The molecule has 0 radical (unpaired) electrons. The number of hydrogen-bond donors (Lipinski definition) is 1. The van der Waals surface area contributed by atoms with Gasteiger partial charge in [-0.1, -0.05) is 6.92 Å². The van der Waals surface area contributed by atoms with Crippen LogP contribution in [-0.4, -0.2) is 10.8 Å². The predicted molar refractivity (Wildman–Crippen MR) is 75.9 cm³/mol. The van der Waals surface area contributed by atoms with Crippen molar-refractivity contribution in [2.45, 2.75) is 19.8 Å². The smallest absolute Gasteiger partial charge is 0.271 e. The van der Waals surface area contributed by atoms with Crippen molar-refractivity contribution in [3.8, 4) is 6.07 Å². The minimum atomic E-state index is -1.01. The van der Waals surface area contributed by atoms with Gasteiger partial charge in [0.2, 0.25) is 5.91 Å². The fraction of sp³-hybridized carbons (Fsp3) is 0.385. The molecule has 1 amide bonds. The van der Waals surface area contributed by atoms with E-state index in [-0.39, 0.29) is 5.69 Å². The lowest BCUT2D eigenvalue weighted by Crippen LogP contribution is -2.45. The number of nitrogens with one attached hydrogen (secondary N) is 1. The summed E-state index contributed by atoms with van der Waals surface area (Å²) in [5, 5.41) is 22.5. The van der Waals surface area contributed by atoms with E-state index in [9.17, 15) is 20.2 Å². The molecule has 0 spiro atoms. The van der Waals surface area contributed by atoms with Crippen LogP contribution in [0.15, 0.2) is 22.7 Å². The summed E-state index contributed by atoms with van der Waals surface area (Å²) in [6.07, 6.45) is 1.03. The van der Waals surface area contributed by atoms with E-state index in [2.05, 4.69) is 27.3 Å². The lowest BCUT2D eigenvalue weighted by molar-refractivity contribution is -0.384. The highest BCUT2D eigenvalue weighted by molar-refractivity contribution is 9.10. The fourth-order valence-electron chi connectivity index (χ4n) is 2.42. The number of benzene rings is 1. The molecule has 6 nitrogen and oxygen atoms in total. The van der Waals surface area contributed by atoms with Gasteiger partial charge in [-0.25, -0.2) is 0 Å². The quantitative estimate of drug-likeness (QED) is 0.676. The molecule has 104 valence electrons. The lowest BCUT2D eigenvalue weighted by atomic mass is 9.63. The topological polar surface area (TPSA) is 96.0 Å². The van der Waals surface area contributed by atoms with Gasteiger partial charge in [0.1, 0.15) is 5.41 Å². The molecule has 1 saturated carbocycles. The maximum absolute atomic E-state index is 12.2. The highest BCUT2D eigenvalue weighted by atomic mass is 79.9. The third-order valence-electron chi connectivity index (χ3n) is 3.45. The largest absolute Gasteiger partial charge is 0.323 e. The lowest BCUT2D eigenvalue weighted by Gasteiger charge is -2.39. The molecule has 0 saturated heterocycles. The Bertz CT molecular complexity index is 618. The van der Waals surface area contributed by atoms with Crippen LogP contribution in [0.25, 0.3) is 0 Å². The summed E-state index contributed by atoms with van der Waals surface area (Å²) >= 11 is 3.23. The van der Waals surface area contributed by atoms with Crippen molar-refractivity contribution in [3.63, 3.8) is 0 Å². The van der Waals surface area contributed by atoms with E-state index in [1.54, 1.807) is 0 Å². The number of carbonyl (C=O) groups is 1. The Balaban J connectivity index is 2.22. The Morgan fingerprint density at radius 2 is 2.25 bits per heavy atom. The number of halogens is 1. The van der Waals surface area contributed by atoms with Crippen LogP contribution < -0.4 is 5.32 Å². The molecule has 0 atom stereocenters. The van der Waals surface area contributed by atoms with Crippen molar-refractivity contribution < 1.29 is 9.72 Å². The highest BCUT2D eigenvalue weighted by Gasteiger charge is 2.49. The molecule has 7 heteroatoms. The second-order valence-electron chi connectivity index (χ2n) is 5.08. The van der Waals surface area contributed by atoms with Gasteiger partial charge >= 0.3 is 0 Å². The van der Waals surface area contributed by atoms with Crippen LogP contribution in [0.3, 0.4) is 0 Å². The second-order valence-corrected chi connectivity index (χ2v) is 5.94. The van der Waals surface area contributed by atoms with Crippen LogP contribution >= 0.6 is 15.9 Å². The number of nitrogens with zero attached hydrogens (tertiary/aromatic N) is 2. The summed E-state index contributed by atoms with van der Waals surface area (Å²) in [5.41, 5.74) is -0.821.